The van der Waals surface area contributed by atoms with Crippen molar-refractivity contribution in [3.05, 3.63) is 72.3 Å². The second-order valence-corrected chi connectivity index (χ2v) is 4.60. The topological polar surface area (TPSA) is 77.7 Å². The van der Waals surface area contributed by atoms with Crippen LogP contribution in [0.5, 0.6) is 0 Å². The number of amides is 1. The fraction of sp³-hybridized carbons (Fsp3) is 0.133. The standard InChI is InChI=1S/C15H15N5O/c21-15(12-4-2-1-3-5-12)20(10-13-16-6-7-17-13)11-14-18-8-9-19-14/h1-9H,10-11H2,(H,16,17)(H,18,19). The number of rotatable bonds is 5. The first-order chi connectivity index (χ1) is 10.3. The number of H-pyrrole nitrogens is 2. The van der Waals surface area contributed by atoms with Crippen LogP contribution in [0.25, 0.3) is 0 Å². The first kappa shape index (κ1) is 13.1. The second kappa shape index (κ2) is 6.04. The van der Waals surface area contributed by atoms with Gasteiger partial charge in [0.2, 0.25) is 0 Å². The van der Waals surface area contributed by atoms with E-state index in [1.54, 1.807) is 41.8 Å². The van der Waals surface area contributed by atoms with Crippen molar-refractivity contribution in [1.29, 1.82) is 0 Å². The molecule has 1 aromatic carbocycles. The molecule has 0 aliphatic heterocycles. The third-order valence-corrected chi connectivity index (χ3v) is 3.10. The largest absolute Gasteiger partial charge is 0.347 e. The molecule has 2 heterocycles. The molecule has 6 nitrogen and oxygen atoms in total. The van der Waals surface area contributed by atoms with Crippen LogP contribution < -0.4 is 0 Å². The molecule has 21 heavy (non-hydrogen) atoms. The molecule has 0 radical (unpaired) electrons. The average Bonchev–Trinajstić information content (AvgIpc) is 3.20. The molecule has 0 aliphatic carbocycles. The van der Waals surface area contributed by atoms with Crippen molar-refractivity contribution in [3.8, 4) is 0 Å². The Balaban J connectivity index is 1.82. The number of nitrogens with one attached hydrogen (secondary N) is 2. The summed E-state index contributed by atoms with van der Waals surface area (Å²) in [4.78, 5) is 28.7. The van der Waals surface area contributed by atoms with Crippen LogP contribution in [-0.2, 0) is 13.1 Å². The monoisotopic (exact) mass is 281 g/mol. The molecule has 0 bridgehead atoms. The first-order valence-corrected chi connectivity index (χ1v) is 6.64. The van der Waals surface area contributed by atoms with Crippen molar-refractivity contribution >= 4 is 5.91 Å². The maximum atomic E-state index is 12.6. The number of aromatic amines is 2. The molecule has 0 fully saturated rings. The lowest BCUT2D eigenvalue weighted by Crippen LogP contribution is -2.31. The van der Waals surface area contributed by atoms with Crippen LogP contribution in [0.2, 0.25) is 0 Å². The van der Waals surface area contributed by atoms with Crippen molar-refractivity contribution in [2.45, 2.75) is 13.1 Å². The van der Waals surface area contributed by atoms with E-state index in [1.165, 1.54) is 0 Å². The summed E-state index contributed by atoms with van der Waals surface area (Å²) in [5.74, 6) is 1.43. The summed E-state index contributed by atoms with van der Waals surface area (Å²) in [7, 11) is 0. The van der Waals surface area contributed by atoms with Crippen molar-refractivity contribution in [2.24, 2.45) is 0 Å². The van der Waals surface area contributed by atoms with Gasteiger partial charge >= 0.3 is 0 Å². The number of carbonyl (C=O) groups excluding carboxylic acids is 1. The van der Waals surface area contributed by atoms with Crippen LogP contribution in [0, 0.1) is 0 Å². The van der Waals surface area contributed by atoms with Gasteiger partial charge in [-0.1, -0.05) is 18.2 Å². The van der Waals surface area contributed by atoms with Crippen LogP contribution in [0.3, 0.4) is 0 Å². The van der Waals surface area contributed by atoms with E-state index in [-0.39, 0.29) is 5.91 Å². The number of benzene rings is 1. The quantitative estimate of drug-likeness (QED) is 0.750. The minimum absolute atomic E-state index is 0.0524. The number of hydrogen-bond donors (Lipinski definition) is 2. The van der Waals surface area contributed by atoms with Gasteiger partial charge in [0, 0.05) is 30.4 Å². The summed E-state index contributed by atoms with van der Waals surface area (Å²) in [6, 6.07) is 9.20. The highest BCUT2D eigenvalue weighted by Gasteiger charge is 2.18. The minimum atomic E-state index is -0.0524. The molecule has 0 aliphatic rings. The Labute approximate surface area is 121 Å². The van der Waals surface area contributed by atoms with E-state index < -0.39 is 0 Å². The summed E-state index contributed by atoms with van der Waals surface area (Å²) in [6.45, 7) is 0.808. The third kappa shape index (κ3) is 3.17. The number of nitrogens with zero attached hydrogens (tertiary/aromatic N) is 3. The van der Waals surface area contributed by atoms with Crippen LogP contribution in [0.4, 0.5) is 0 Å². The Kier molecular flexibility index (Phi) is 3.77. The number of imidazole rings is 2. The molecule has 6 heteroatoms. The predicted octanol–water partition coefficient (Wildman–Crippen LogP) is 1.98. The Hall–Kier alpha value is -2.89. The van der Waals surface area contributed by atoms with E-state index in [2.05, 4.69) is 19.9 Å². The van der Waals surface area contributed by atoms with Crippen LogP contribution in [-0.4, -0.2) is 30.7 Å². The van der Waals surface area contributed by atoms with Gasteiger partial charge in [-0.05, 0) is 12.1 Å². The SMILES string of the molecule is O=C(c1ccccc1)N(Cc1ncc[nH]1)Cc1ncc[nH]1. The molecular formula is C15H15N5O. The van der Waals surface area contributed by atoms with Crippen molar-refractivity contribution in [1.82, 2.24) is 24.8 Å². The van der Waals surface area contributed by atoms with Gasteiger partial charge < -0.3 is 14.9 Å². The molecule has 3 aromatic rings. The highest BCUT2D eigenvalue weighted by Crippen LogP contribution is 2.10. The summed E-state index contributed by atoms with van der Waals surface area (Å²) in [5.41, 5.74) is 0.649. The van der Waals surface area contributed by atoms with Gasteiger partial charge in [0.15, 0.2) is 0 Å². The Morgan fingerprint density at radius 1 is 0.952 bits per heavy atom. The smallest absolute Gasteiger partial charge is 0.254 e. The summed E-state index contributed by atoms with van der Waals surface area (Å²) in [6.07, 6.45) is 6.83. The average molecular weight is 281 g/mol. The van der Waals surface area contributed by atoms with E-state index in [1.807, 2.05) is 18.2 Å². The third-order valence-electron chi connectivity index (χ3n) is 3.10. The predicted molar refractivity (Wildman–Crippen MR) is 77.2 cm³/mol. The zero-order valence-electron chi connectivity index (χ0n) is 11.4. The maximum Gasteiger partial charge on any atom is 0.254 e. The Morgan fingerprint density at radius 2 is 1.52 bits per heavy atom. The second-order valence-electron chi connectivity index (χ2n) is 4.60. The lowest BCUT2D eigenvalue weighted by atomic mass is 10.2. The molecule has 2 N–H and O–H groups in total. The molecule has 3 rings (SSSR count). The number of hydrogen-bond acceptors (Lipinski definition) is 3. The van der Waals surface area contributed by atoms with Gasteiger partial charge in [-0.15, -0.1) is 0 Å². The van der Waals surface area contributed by atoms with Gasteiger partial charge in [0.1, 0.15) is 11.6 Å². The van der Waals surface area contributed by atoms with Gasteiger partial charge in [-0.3, -0.25) is 4.79 Å². The van der Waals surface area contributed by atoms with Crippen LogP contribution >= 0.6 is 0 Å². The summed E-state index contributed by atoms with van der Waals surface area (Å²) < 4.78 is 0. The normalized spacial score (nSPS) is 10.5. The van der Waals surface area contributed by atoms with E-state index >= 15 is 0 Å². The van der Waals surface area contributed by atoms with E-state index in [4.69, 9.17) is 0 Å². The molecule has 0 atom stereocenters. The molecular weight excluding hydrogens is 266 g/mol. The van der Waals surface area contributed by atoms with Gasteiger partial charge in [-0.2, -0.15) is 0 Å². The zero-order chi connectivity index (χ0) is 14.5. The Bertz CT molecular complexity index is 640. The van der Waals surface area contributed by atoms with E-state index in [9.17, 15) is 4.79 Å². The highest BCUT2D eigenvalue weighted by atomic mass is 16.2. The van der Waals surface area contributed by atoms with E-state index in [0.29, 0.717) is 18.7 Å². The van der Waals surface area contributed by atoms with Crippen molar-refractivity contribution < 1.29 is 4.79 Å². The highest BCUT2D eigenvalue weighted by molar-refractivity contribution is 5.94. The number of carbonyl (C=O) groups is 1. The van der Waals surface area contributed by atoms with Crippen LogP contribution in [0.15, 0.2) is 55.1 Å². The molecule has 1 amide bonds. The summed E-state index contributed by atoms with van der Waals surface area (Å²) >= 11 is 0. The van der Waals surface area contributed by atoms with Gasteiger partial charge in [0.05, 0.1) is 13.1 Å². The minimum Gasteiger partial charge on any atom is -0.347 e. The zero-order valence-corrected chi connectivity index (χ0v) is 11.4. The fourth-order valence-corrected chi connectivity index (χ4v) is 2.09. The maximum absolute atomic E-state index is 12.6. The summed E-state index contributed by atoms with van der Waals surface area (Å²) in [5, 5.41) is 0. The molecule has 106 valence electrons. The molecule has 0 saturated heterocycles. The van der Waals surface area contributed by atoms with Crippen molar-refractivity contribution in [2.75, 3.05) is 0 Å². The molecule has 0 spiro atoms. The molecule has 2 aromatic heterocycles. The number of aromatic nitrogens is 4. The van der Waals surface area contributed by atoms with Gasteiger partial charge in [-0.25, -0.2) is 9.97 Å². The van der Waals surface area contributed by atoms with Crippen LogP contribution in [0.1, 0.15) is 22.0 Å². The Morgan fingerprint density at radius 3 is 2.00 bits per heavy atom. The first-order valence-electron chi connectivity index (χ1n) is 6.64. The lowest BCUT2D eigenvalue weighted by molar-refractivity contribution is 0.0721. The lowest BCUT2D eigenvalue weighted by Gasteiger charge is -2.20. The molecule has 0 unspecified atom stereocenters. The van der Waals surface area contributed by atoms with Crippen molar-refractivity contribution in [3.63, 3.8) is 0 Å². The van der Waals surface area contributed by atoms with E-state index in [0.717, 1.165) is 11.6 Å². The van der Waals surface area contributed by atoms with Gasteiger partial charge in [0.25, 0.3) is 5.91 Å². The molecule has 0 saturated carbocycles. The fourth-order valence-electron chi connectivity index (χ4n) is 2.09.